The first-order chi connectivity index (χ1) is 11.1. The van der Waals surface area contributed by atoms with Gasteiger partial charge in [-0.2, -0.15) is 16.3 Å². The molecule has 1 fully saturated rings. The number of aromatic nitrogens is 2. The van der Waals surface area contributed by atoms with E-state index in [2.05, 4.69) is 10.1 Å². The first-order valence-electron chi connectivity index (χ1n) is 7.52. The maximum Gasteiger partial charge on any atom is 0.326 e. The molecule has 0 aliphatic carbocycles. The molecule has 0 bridgehead atoms. The molecule has 1 aliphatic heterocycles. The largest absolute Gasteiger partial charge is 0.480 e. The molecule has 23 heavy (non-hydrogen) atoms. The van der Waals surface area contributed by atoms with Crippen LogP contribution in [0, 0.1) is 0 Å². The van der Waals surface area contributed by atoms with Crippen molar-refractivity contribution < 1.29 is 19.2 Å². The summed E-state index contributed by atoms with van der Waals surface area (Å²) in [5, 5.41) is 17.0. The third-order valence-corrected chi connectivity index (χ3v) is 4.59. The molecule has 1 N–H and O–H groups in total. The fourth-order valence-electron chi connectivity index (χ4n) is 2.71. The molecule has 122 valence electrons. The average Bonchev–Trinajstić information content (AvgIpc) is 3.23. The normalized spacial score (nSPS) is 18.1. The molecule has 1 amide bonds. The molecular weight excluding hydrogens is 318 g/mol. The molecule has 0 saturated carbocycles. The molecule has 0 unspecified atom stereocenters. The van der Waals surface area contributed by atoms with Gasteiger partial charge in [0.15, 0.2) is 0 Å². The molecule has 1 saturated heterocycles. The summed E-state index contributed by atoms with van der Waals surface area (Å²) in [7, 11) is 0. The van der Waals surface area contributed by atoms with Crippen molar-refractivity contribution in [1.29, 1.82) is 0 Å². The lowest BCUT2D eigenvalue weighted by Crippen LogP contribution is -2.48. The predicted molar refractivity (Wildman–Crippen MR) is 82.9 cm³/mol. The van der Waals surface area contributed by atoms with Crippen molar-refractivity contribution in [2.75, 3.05) is 6.54 Å². The average molecular weight is 335 g/mol. The number of carboxylic acid groups (broad SMARTS) is 1. The summed E-state index contributed by atoms with van der Waals surface area (Å²) in [6.45, 7) is 0.500. The fourth-order valence-corrected chi connectivity index (χ4v) is 3.34. The Morgan fingerprint density at radius 3 is 3.04 bits per heavy atom. The maximum absolute atomic E-state index is 12.3. The highest BCUT2D eigenvalue weighted by Gasteiger charge is 2.31. The summed E-state index contributed by atoms with van der Waals surface area (Å²) in [4.78, 5) is 29.3. The maximum atomic E-state index is 12.3. The van der Waals surface area contributed by atoms with Crippen LogP contribution in [0.15, 0.2) is 21.3 Å². The third-order valence-electron chi connectivity index (χ3n) is 3.91. The Morgan fingerprint density at radius 1 is 1.43 bits per heavy atom. The van der Waals surface area contributed by atoms with E-state index in [0.717, 1.165) is 18.4 Å². The first kappa shape index (κ1) is 15.7. The van der Waals surface area contributed by atoms with E-state index in [9.17, 15) is 14.7 Å². The lowest BCUT2D eigenvalue weighted by Gasteiger charge is -2.32. The monoisotopic (exact) mass is 335 g/mol. The number of carbonyl (C=O) groups is 2. The molecule has 0 radical (unpaired) electrons. The number of amides is 1. The standard InChI is InChI=1S/C15H17N3O4S/c19-13(18-7-2-1-3-11(18)15(20)21)5-4-12-16-14(17-22-12)10-6-8-23-9-10/h6,8-9,11H,1-5,7H2,(H,20,21)/t11-/m0/s1. The highest BCUT2D eigenvalue weighted by Crippen LogP contribution is 2.21. The quantitative estimate of drug-likeness (QED) is 0.900. The lowest BCUT2D eigenvalue weighted by atomic mass is 10.0. The van der Waals surface area contributed by atoms with Gasteiger partial charge >= 0.3 is 5.97 Å². The molecule has 3 heterocycles. The number of carbonyl (C=O) groups excluding carboxylic acids is 1. The second-order valence-corrected chi connectivity index (χ2v) is 6.24. The Hall–Kier alpha value is -2.22. The van der Waals surface area contributed by atoms with Crippen molar-refractivity contribution in [2.24, 2.45) is 0 Å². The van der Waals surface area contributed by atoms with Gasteiger partial charge in [0.25, 0.3) is 0 Å². The molecule has 1 aliphatic rings. The van der Waals surface area contributed by atoms with E-state index in [1.807, 2.05) is 16.8 Å². The van der Waals surface area contributed by atoms with Crippen LogP contribution < -0.4 is 0 Å². The van der Waals surface area contributed by atoms with Gasteiger partial charge < -0.3 is 14.5 Å². The summed E-state index contributed by atoms with van der Waals surface area (Å²) in [5.74, 6) is -0.207. The van der Waals surface area contributed by atoms with Crippen molar-refractivity contribution in [2.45, 2.75) is 38.1 Å². The van der Waals surface area contributed by atoms with Crippen molar-refractivity contribution >= 4 is 23.2 Å². The number of nitrogens with zero attached hydrogens (tertiary/aromatic N) is 3. The van der Waals surface area contributed by atoms with Crippen LogP contribution in [0.2, 0.25) is 0 Å². The Kier molecular flexibility index (Phi) is 4.71. The van der Waals surface area contributed by atoms with Gasteiger partial charge in [0.2, 0.25) is 17.6 Å². The van der Waals surface area contributed by atoms with Crippen molar-refractivity contribution in [1.82, 2.24) is 15.0 Å². The SMILES string of the molecule is O=C(O)[C@@H]1CCCCN1C(=O)CCc1nc(-c2ccsc2)no1. The number of aliphatic carboxylic acids is 1. The lowest BCUT2D eigenvalue weighted by molar-refractivity contribution is -0.152. The molecule has 0 aromatic carbocycles. The van der Waals surface area contributed by atoms with Crippen LogP contribution in [0.25, 0.3) is 11.4 Å². The number of carboxylic acids is 1. The molecule has 3 rings (SSSR count). The van der Waals surface area contributed by atoms with Crippen LogP contribution in [-0.2, 0) is 16.0 Å². The highest BCUT2D eigenvalue weighted by atomic mass is 32.1. The molecule has 2 aromatic rings. The molecular formula is C15H17N3O4S. The zero-order valence-corrected chi connectivity index (χ0v) is 13.3. The predicted octanol–water partition coefficient (Wildman–Crippen LogP) is 2.20. The number of likely N-dealkylation sites (tertiary alicyclic amines) is 1. The van der Waals surface area contributed by atoms with Gasteiger partial charge in [-0.1, -0.05) is 5.16 Å². The van der Waals surface area contributed by atoms with Crippen LogP contribution >= 0.6 is 11.3 Å². The third kappa shape index (κ3) is 3.58. The summed E-state index contributed by atoms with van der Waals surface area (Å²) in [6, 6.07) is 1.19. The van der Waals surface area contributed by atoms with Gasteiger partial charge in [0.05, 0.1) is 0 Å². The zero-order chi connectivity index (χ0) is 16.2. The van der Waals surface area contributed by atoms with Crippen LogP contribution in [0.5, 0.6) is 0 Å². The van der Waals surface area contributed by atoms with Crippen LogP contribution in [0.4, 0.5) is 0 Å². The first-order valence-corrected chi connectivity index (χ1v) is 8.47. The Labute approximate surface area is 136 Å². The highest BCUT2D eigenvalue weighted by molar-refractivity contribution is 7.08. The fraction of sp³-hybridized carbons (Fsp3) is 0.467. The Bertz CT molecular complexity index is 683. The topological polar surface area (TPSA) is 96.5 Å². The number of piperidine rings is 1. The Balaban J connectivity index is 1.59. The Morgan fingerprint density at radius 2 is 2.30 bits per heavy atom. The van der Waals surface area contributed by atoms with Gasteiger partial charge in [0, 0.05) is 30.3 Å². The number of aryl methyl sites for hydroxylation is 1. The summed E-state index contributed by atoms with van der Waals surface area (Å²) in [5.41, 5.74) is 0.887. The summed E-state index contributed by atoms with van der Waals surface area (Å²) < 4.78 is 5.16. The van der Waals surface area contributed by atoms with E-state index < -0.39 is 12.0 Å². The van der Waals surface area contributed by atoms with Gasteiger partial charge in [-0.3, -0.25) is 4.79 Å². The molecule has 7 nitrogen and oxygen atoms in total. The second kappa shape index (κ2) is 6.91. The summed E-state index contributed by atoms with van der Waals surface area (Å²) >= 11 is 1.55. The van der Waals surface area contributed by atoms with Crippen LogP contribution in [0.3, 0.4) is 0 Å². The number of hydrogen-bond acceptors (Lipinski definition) is 6. The van der Waals surface area contributed by atoms with E-state index in [0.29, 0.717) is 31.1 Å². The molecule has 1 atom stereocenters. The minimum absolute atomic E-state index is 0.174. The van der Waals surface area contributed by atoms with E-state index >= 15 is 0 Å². The van der Waals surface area contributed by atoms with E-state index in [1.165, 1.54) is 4.90 Å². The molecule has 8 heteroatoms. The van der Waals surface area contributed by atoms with Gasteiger partial charge in [0.1, 0.15) is 6.04 Å². The van der Waals surface area contributed by atoms with Crippen LogP contribution in [-0.4, -0.2) is 44.6 Å². The van der Waals surface area contributed by atoms with E-state index in [-0.39, 0.29) is 12.3 Å². The van der Waals surface area contributed by atoms with E-state index in [1.54, 1.807) is 11.3 Å². The van der Waals surface area contributed by atoms with E-state index in [4.69, 9.17) is 4.52 Å². The number of thiophene rings is 1. The number of hydrogen-bond donors (Lipinski definition) is 1. The summed E-state index contributed by atoms with van der Waals surface area (Å²) in [6.07, 6.45) is 2.70. The van der Waals surface area contributed by atoms with Crippen molar-refractivity contribution in [3.8, 4) is 11.4 Å². The molecule has 0 spiro atoms. The van der Waals surface area contributed by atoms with Gasteiger partial charge in [-0.05, 0) is 30.7 Å². The van der Waals surface area contributed by atoms with Gasteiger partial charge in [-0.25, -0.2) is 4.79 Å². The molecule has 2 aromatic heterocycles. The van der Waals surface area contributed by atoms with Crippen molar-refractivity contribution in [3.63, 3.8) is 0 Å². The van der Waals surface area contributed by atoms with Crippen molar-refractivity contribution in [3.05, 3.63) is 22.7 Å². The smallest absolute Gasteiger partial charge is 0.326 e. The number of rotatable bonds is 5. The zero-order valence-electron chi connectivity index (χ0n) is 12.5. The minimum atomic E-state index is -0.935. The minimum Gasteiger partial charge on any atom is -0.480 e. The second-order valence-electron chi connectivity index (χ2n) is 5.46. The van der Waals surface area contributed by atoms with Gasteiger partial charge in [-0.15, -0.1) is 0 Å². The van der Waals surface area contributed by atoms with Crippen LogP contribution in [0.1, 0.15) is 31.6 Å².